The molecule has 1 amide bonds. The SMILES string of the molecule is O=C(Nc1nc(N2CCCCC2)n[nH]1)C1CCCCN1S(=O)(=O)c1ccccc1. The highest BCUT2D eigenvalue weighted by Crippen LogP contribution is 2.26. The third kappa shape index (κ3) is 4.27. The number of benzene rings is 1. The molecule has 0 spiro atoms. The summed E-state index contributed by atoms with van der Waals surface area (Å²) in [6.07, 6.45) is 5.42. The molecule has 2 fully saturated rings. The lowest BCUT2D eigenvalue weighted by Crippen LogP contribution is -2.49. The normalized spacial score (nSPS) is 21.1. The average molecular weight is 419 g/mol. The van der Waals surface area contributed by atoms with Crippen molar-refractivity contribution >= 4 is 27.8 Å². The van der Waals surface area contributed by atoms with Crippen LogP contribution in [0.1, 0.15) is 38.5 Å². The molecule has 29 heavy (non-hydrogen) atoms. The Bertz CT molecular complexity index is 940. The predicted octanol–water partition coefficient (Wildman–Crippen LogP) is 1.98. The number of piperidine rings is 2. The fraction of sp³-hybridized carbons (Fsp3) is 0.526. The maximum atomic E-state index is 13.1. The molecule has 156 valence electrons. The van der Waals surface area contributed by atoms with Gasteiger partial charge in [0.2, 0.25) is 27.8 Å². The van der Waals surface area contributed by atoms with Crippen molar-refractivity contribution in [3.05, 3.63) is 30.3 Å². The van der Waals surface area contributed by atoms with Gasteiger partial charge in [-0.2, -0.15) is 9.29 Å². The molecule has 1 aromatic heterocycles. The summed E-state index contributed by atoms with van der Waals surface area (Å²) in [5.74, 6) is 0.432. The molecule has 10 heteroatoms. The Morgan fingerprint density at radius 3 is 2.52 bits per heavy atom. The summed E-state index contributed by atoms with van der Waals surface area (Å²) in [7, 11) is -3.74. The van der Waals surface area contributed by atoms with Crippen LogP contribution in [0.4, 0.5) is 11.9 Å². The minimum atomic E-state index is -3.74. The lowest BCUT2D eigenvalue weighted by Gasteiger charge is -2.33. The number of aromatic nitrogens is 3. The quantitative estimate of drug-likeness (QED) is 0.768. The third-order valence-electron chi connectivity index (χ3n) is 5.46. The number of H-pyrrole nitrogens is 1. The highest BCUT2D eigenvalue weighted by molar-refractivity contribution is 7.89. The van der Waals surface area contributed by atoms with Crippen LogP contribution in [0.3, 0.4) is 0 Å². The van der Waals surface area contributed by atoms with Crippen LogP contribution in [-0.2, 0) is 14.8 Å². The van der Waals surface area contributed by atoms with Crippen molar-refractivity contribution in [1.82, 2.24) is 19.5 Å². The molecule has 1 atom stereocenters. The number of sulfonamides is 1. The number of anilines is 2. The van der Waals surface area contributed by atoms with E-state index in [2.05, 4.69) is 25.4 Å². The minimum absolute atomic E-state index is 0.201. The molecule has 0 radical (unpaired) electrons. The van der Waals surface area contributed by atoms with Gasteiger partial charge in [-0.05, 0) is 44.2 Å². The largest absolute Gasteiger partial charge is 0.340 e. The number of nitrogens with zero attached hydrogens (tertiary/aromatic N) is 4. The third-order valence-corrected chi connectivity index (χ3v) is 7.38. The molecule has 2 saturated heterocycles. The maximum absolute atomic E-state index is 13.1. The summed E-state index contributed by atoms with van der Waals surface area (Å²) in [5, 5.41) is 9.68. The topological polar surface area (TPSA) is 111 Å². The molecule has 0 bridgehead atoms. The van der Waals surface area contributed by atoms with Gasteiger partial charge >= 0.3 is 0 Å². The Labute approximate surface area is 170 Å². The monoisotopic (exact) mass is 418 g/mol. The number of aromatic amines is 1. The summed E-state index contributed by atoms with van der Waals surface area (Å²) < 4.78 is 27.4. The van der Waals surface area contributed by atoms with Crippen LogP contribution in [0.15, 0.2) is 35.2 Å². The lowest BCUT2D eigenvalue weighted by atomic mass is 10.0. The number of carbonyl (C=O) groups is 1. The summed E-state index contributed by atoms with van der Waals surface area (Å²) in [6.45, 7) is 2.12. The molecule has 1 aromatic carbocycles. The first-order valence-corrected chi connectivity index (χ1v) is 11.5. The molecule has 4 rings (SSSR count). The van der Waals surface area contributed by atoms with Crippen molar-refractivity contribution in [1.29, 1.82) is 0 Å². The van der Waals surface area contributed by atoms with Crippen molar-refractivity contribution in [3.8, 4) is 0 Å². The molecular weight excluding hydrogens is 392 g/mol. The first-order chi connectivity index (χ1) is 14.1. The van der Waals surface area contributed by atoms with Crippen molar-refractivity contribution in [2.45, 2.75) is 49.5 Å². The minimum Gasteiger partial charge on any atom is -0.340 e. The maximum Gasteiger partial charge on any atom is 0.246 e. The van der Waals surface area contributed by atoms with Crippen LogP contribution in [0.25, 0.3) is 0 Å². The number of carbonyl (C=O) groups excluding carboxylic acids is 1. The van der Waals surface area contributed by atoms with Crippen LogP contribution < -0.4 is 10.2 Å². The number of nitrogens with one attached hydrogen (secondary N) is 2. The summed E-state index contributed by atoms with van der Waals surface area (Å²) in [6, 6.07) is 7.48. The van der Waals surface area contributed by atoms with Gasteiger partial charge in [0.1, 0.15) is 6.04 Å². The zero-order valence-corrected chi connectivity index (χ0v) is 17.1. The summed E-state index contributed by atoms with van der Waals surface area (Å²) in [4.78, 5) is 19.6. The van der Waals surface area contributed by atoms with Crippen LogP contribution in [-0.4, -0.2) is 59.5 Å². The van der Waals surface area contributed by atoms with E-state index >= 15 is 0 Å². The van der Waals surface area contributed by atoms with E-state index in [1.165, 1.54) is 10.7 Å². The summed E-state index contributed by atoms with van der Waals surface area (Å²) >= 11 is 0. The number of rotatable bonds is 5. The van der Waals surface area contributed by atoms with Gasteiger partial charge in [-0.15, -0.1) is 5.10 Å². The molecule has 9 nitrogen and oxygen atoms in total. The van der Waals surface area contributed by atoms with E-state index in [0.717, 1.165) is 38.8 Å². The van der Waals surface area contributed by atoms with Crippen LogP contribution >= 0.6 is 0 Å². The van der Waals surface area contributed by atoms with E-state index in [0.29, 0.717) is 18.9 Å². The van der Waals surface area contributed by atoms with Gasteiger partial charge < -0.3 is 4.90 Å². The van der Waals surface area contributed by atoms with Crippen molar-refractivity contribution < 1.29 is 13.2 Å². The molecule has 0 saturated carbocycles. The summed E-state index contributed by atoms with van der Waals surface area (Å²) in [5.41, 5.74) is 0. The van der Waals surface area contributed by atoms with Crippen molar-refractivity contribution in [2.24, 2.45) is 0 Å². The molecule has 2 aliphatic rings. The van der Waals surface area contributed by atoms with Gasteiger partial charge in [0, 0.05) is 19.6 Å². The van der Waals surface area contributed by atoms with E-state index in [1.54, 1.807) is 30.3 Å². The van der Waals surface area contributed by atoms with E-state index in [-0.39, 0.29) is 16.8 Å². The van der Waals surface area contributed by atoms with Gasteiger partial charge in [-0.25, -0.2) is 13.5 Å². The van der Waals surface area contributed by atoms with Crippen molar-refractivity contribution in [3.63, 3.8) is 0 Å². The second-order valence-electron chi connectivity index (χ2n) is 7.46. The fourth-order valence-electron chi connectivity index (χ4n) is 3.93. The van der Waals surface area contributed by atoms with Crippen LogP contribution in [0.2, 0.25) is 0 Å². The Morgan fingerprint density at radius 2 is 1.76 bits per heavy atom. The molecular formula is C19H26N6O3S. The predicted molar refractivity (Wildman–Crippen MR) is 109 cm³/mol. The highest BCUT2D eigenvalue weighted by Gasteiger charge is 2.37. The molecule has 3 heterocycles. The van der Waals surface area contributed by atoms with E-state index in [1.807, 2.05) is 0 Å². The Hall–Kier alpha value is -2.46. The molecule has 2 aliphatic heterocycles. The Morgan fingerprint density at radius 1 is 1.03 bits per heavy atom. The van der Waals surface area contributed by atoms with Crippen molar-refractivity contribution in [2.75, 3.05) is 29.9 Å². The van der Waals surface area contributed by atoms with E-state index in [9.17, 15) is 13.2 Å². The number of amides is 1. The zero-order chi connectivity index (χ0) is 20.3. The Kier molecular flexibility index (Phi) is 5.81. The molecule has 2 N–H and O–H groups in total. The second kappa shape index (κ2) is 8.50. The van der Waals surface area contributed by atoms with Gasteiger partial charge in [0.05, 0.1) is 4.90 Å². The smallest absolute Gasteiger partial charge is 0.246 e. The first kappa shape index (κ1) is 19.8. The molecule has 0 aliphatic carbocycles. The number of hydrogen-bond donors (Lipinski definition) is 2. The fourth-order valence-corrected chi connectivity index (χ4v) is 5.60. The van der Waals surface area contributed by atoms with Gasteiger partial charge in [0.25, 0.3) is 0 Å². The highest BCUT2D eigenvalue weighted by atomic mass is 32.2. The average Bonchev–Trinajstić information content (AvgIpc) is 3.23. The van der Waals surface area contributed by atoms with Gasteiger partial charge in [0.15, 0.2) is 0 Å². The van der Waals surface area contributed by atoms with Gasteiger partial charge in [-0.1, -0.05) is 24.6 Å². The standard InChI is InChI=1S/C19H26N6O3S/c26-17(20-18-21-19(23-22-18)24-12-6-2-7-13-24)16-11-5-8-14-25(16)29(27,28)15-9-3-1-4-10-15/h1,3-4,9-10,16H,2,5-8,11-14H2,(H2,20,21,22,23,26). The van der Waals surface area contributed by atoms with Gasteiger partial charge in [-0.3, -0.25) is 10.1 Å². The molecule has 2 aromatic rings. The van der Waals surface area contributed by atoms with Crippen LogP contribution in [0, 0.1) is 0 Å². The second-order valence-corrected chi connectivity index (χ2v) is 9.35. The number of hydrogen-bond acceptors (Lipinski definition) is 6. The molecule has 1 unspecified atom stereocenters. The Balaban J connectivity index is 1.49. The van der Waals surface area contributed by atoms with E-state index in [4.69, 9.17) is 0 Å². The zero-order valence-electron chi connectivity index (χ0n) is 16.2. The lowest BCUT2D eigenvalue weighted by molar-refractivity contribution is -0.120. The first-order valence-electron chi connectivity index (χ1n) is 10.1. The van der Waals surface area contributed by atoms with Crippen LogP contribution in [0.5, 0.6) is 0 Å². The van der Waals surface area contributed by atoms with E-state index < -0.39 is 16.1 Å².